The molecule has 0 rings (SSSR count). The van der Waals surface area contributed by atoms with Crippen molar-refractivity contribution in [2.45, 2.75) is 109 Å². The van der Waals surface area contributed by atoms with Crippen LogP contribution in [-0.2, 0) is 4.79 Å². The van der Waals surface area contributed by atoms with E-state index in [9.17, 15) is 9.90 Å². The number of carboxylic acids is 1. The first kappa shape index (κ1) is 22.2. The molecule has 0 radical (unpaired) electrons. The maximum atomic E-state index is 10.3. The molecule has 2 N–H and O–H groups in total. The molecule has 3 nitrogen and oxygen atoms in total. The lowest BCUT2D eigenvalue weighted by Gasteiger charge is -2.05. The van der Waals surface area contributed by atoms with Gasteiger partial charge in [-0.05, 0) is 12.5 Å². The van der Waals surface area contributed by atoms with E-state index in [-0.39, 0.29) is 0 Å². The second-order valence-electron chi connectivity index (χ2n) is 6.65. The Hall–Kier alpha value is -0.830. The summed E-state index contributed by atoms with van der Waals surface area (Å²) in [6, 6.07) is 0. The van der Waals surface area contributed by atoms with Gasteiger partial charge in [0.15, 0.2) is 0 Å². The number of aliphatic hydroxyl groups excluding tert-OH is 1. The fourth-order valence-electron chi connectivity index (χ4n) is 2.84. The van der Waals surface area contributed by atoms with Gasteiger partial charge in [0.1, 0.15) is 0 Å². The summed E-state index contributed by atoms with van der Waals surface area (Å²) < 4.78 is 0. The number of hydrogen-bond acceptors (Lipinski definition) is 2. The van der Waals surface area contributed by atoms with Crippen molar-refractivity contribution in [2.24, 2.45) is 0 Å². The van der Waals surface area contributed by atoms with Gasteiger partial charge in [0, 0.05) is 6.08 Å². The van der Waals surface area contributed by atoms with Crippen molar-refractivity contribution in [3.8, 4) is 0 Å². The van der Waals surface area contributed by atoms with Gasteiger partial charge in [-0.1, -0.05) is 96.8 Å². The third kappa shape index (κ3) is 19.1. The second-order valence-corrected chi connectivity index (χ2v) is 6.65. The fraction of sp³-hybridized carbons (Fsp3) is 0.850. The average molecular weight is 327 g/mol. The van der Waals surface area contributed by atoms with Crippen LogP contribution in [0.25, 0.3) is 0 Å². The summed E-state index contributed by atoms with van der Waals surface area (Å²) in [4.78, 5) is 10.3. The standard InChI is InChI=1S/C20H38O3/c1-2-3-4-5-6-7-8-9-10-11-12-13-14-15-16-19(21)17-18-20(22)23/h17-19,21H,2-16H2,1H3,(H,22,23). The zero-order chi connectivity index (χ0) is 17.2. The number of rotatable bonds is 17. The minimum atomic E-state index is -0.995. The number of hydrogen-bond donors (Lipinski definition) is 2. The fourth-order valence-corrected chi connectivity index (χ4v) is 2.84. The van der Waals surface area contributed by atoms with Gasteiger partial charge in [0.05, 0.1) is 6.10 Å². The van der Waals surface area contributed by atoms with Crippen molar-refractivity contribution < 1.29 is 15.0 Å². The Morgan fingerprint density at radius 1 is 0.783 bits per heavy atom. The van der Waals surface area contributed by atoms with Crippen molar-refractivity contribution in [3.63, 3.8) is 0 Å². The number of carboxylic acid groups (broad SMARTS) is 1. The number of aliphatic carboxylic acids is 1. The molecule has 136 valence electrons. The summed E-state index contributed by atoms with van der Waals surface area (Å²) in [5, 5.41) is 18.0. The Bertz CT molecular complexity index is 287. The first-order valence-corrected chi connectivity index (χ1v) is 9.76. The Labute approximate surface area is 143 Å². The van der Waals surface area contributed by atoms with Crippen LogP contribution in [0.15, 0.2) is 12.2 Å². The maximum Gasteiger partial charge on any atom is 0.328 e. The Morgan fingerprint density at radius 2 is 1.17 bits per heavy atom. The molecular weight excluding hydrogens is 288 g/mol. The minimum Gasteiger partial charge on any atom is -0.478 e. The largest absolute Gasteiger partial charge is 0.478 e. The van der Waals surface area contributed by atoms with E-state index in [1.807, 2.05) is 0 Å². The summed E-state index contributed by atoms with van der Waals surface area (Å²) in [5.41, 5.74) is 0. The van der Waals surface area contributed by atoms with Crippen LogP contribution in [-0.4, -0.2) is 22.3 Å². The number of carbonyl (C=O) groups is 1. The van der Waals surface area contributed by atoms with Crippen LogP contribution in [0.5, 0.6) is 0 Å². The third-order valence-electron chi connectivity index (χ3n) is 4.31. The molecule has 0 aliphatic rings. The lowest BCUT2D eigenvalue weighted by molar-refractivity contribution is -0.131. The number of aliphatic hydroxyl groups is 1. The molecule has 0 saturated carbocycles. The monoisotopic (exact) mass is 326 g/mol. The van der Waals surface area contributed by atoms with E-state index in [4.69, 9.17) is 5.11 Å². The van der Waals surface area contributed by atoms with Crippen LogP contribution in [0.2, 0.25) is 0 Å². The van der Waals surface area contributed by atoms with E-state index in [2.05, 4.69) is 6.92 Å². The molecule has 1 atom stereocenters. The van der Waals surface area contributed by atoms with Crippen molar-refractivity contribution >= 4 is 5.97 Å². The number of unbranched alkanes of at least 4 members (excludes halogenated alkanes) is 13. The summed E-state index contributed by atoms with van der Waals surface area (Å²) in [6.07, 6.45) is 20.9. The molecule has 0 aromatic heterocycles. The van der Waals surface area contributed by atoms with Gasteiger partial charge in [0.25, 0.3) is 0 Å². The lowest BCUT2D eigenvalue weighted by Crippen LogP contribution is -2.03. The minimum absolute atomic E-state index is 0.608. The SMILES string of the molecule is CCCCCCCCCCCCCCCCC(O)C=CC(=O)O. The topological polar surface area (TPSA) is 57.5 Å². The highest BCUT2D eigenvalue weighted by molar-refractivity contribution is 5.79. The Kier molecular flexibility index (Phi) is 16.9. The zero-order valence-corrected chi connectivity index (χ0v) is 15.1. The van der Waals surface area contributed by atoms with Crippen LogP contribution < -0.4 is 0 Å². The molecule has 0 aromatic carbocycles. The van der Waals surface area contributed by atoms with E-state index in [1.165, 1.54) is 83.1 Å². The van der Waals surface area contributed by atoms with Crippen LogP contribution in [0.3, 0.4) is 0 Å². The molecule has 0 fully saturated rings. The van der Waals surface area contributed by atoms with Crippen molar-refractivity contribution in [1.29, 1.82) is 0 Å². The first-order valence-electron chi connectivity index (χ1n) is 9.76. The molecule has 0 heterocycles. The highest BCUT2D eigenvalue weighted by Gasteiger charge is 2.00. The molecular formula is C20H38O3. The zero-order valence-electron chi connectivity index (χ0n) is 15.1. The third-order valence-corrected chi connectivity index (χ3v) is 4.31. The highest BCUT2D eigenvalue weighted by atomic mass is 16.4. The molecule has 3 heteroatoms. The molecule has 0 aliphatic heterocycles. The average Bonchev–Trinajstić information content (AvgIpc) is 2.53. The molecule has 0 aliphatic carbocycles. The van der Waals surface area contributed by atoms with Gasteiger partial charge in [0.2, 0.25) is 0 Å². The van der Waals surface area contributed by atoms with Crippen LogP contribution >= 0.6 is 0 Å². The normalized spacial score (nSPS) is 12.8. The van der Waals surface area contributed by atoms with Gasteiger partial charge in [-0.25, -0.2) is 4.79 Å². The van der Waals surface area contributed by atoms with Crippen LogP contribution in [0.4, 0.5) is 0 Å². The summed E-state index contributed by atoms with van der Waals surface area (Å²) in [6.45, 7) is 2.26. The molecule has 0 amide bonds. The molecule has 0 spiro atoms. The molecule has 1 unspecified atom stereocenters. The summed E-state index contributed by atoms with van der Waals surface area (Å²) in [5.74, 6) is -0.995. The maximum absolute atomic E-state index is 10.3. The molecule has 0 saturated heterocycles. The highest BCUT2D eigenvalue weighted by Crippen LogP contribution is 2.13. The van der Waals surface area contributed by atoms with Gasteiger partial charge in [-0.2, -0.15) is 0 Å². The van der Waals surface area contributed by atoms with Crippen LogP contribution in [0.1, 0.15) is 103 Å². The molecule has 0 bridgehead atoms. The summed E-state index contributed by atoms with van der Waals surface area (Å²) in [7, 11) is 0. The van der Waals surface area contributed by atoms with E-state index < -0.39 is 12.1 Å². The molecule has 0 aromatic rings. The Balaban J connectivity index is 3.14. The van der Waals surface area contributed by atoms with E-state index in [1.54, 1.807) is 0 Å². The smallest absolute Gasteiger partial charge is 0.328 e. The quantitative estimate of drug-likeness (QED) is 0.260. The predicted molar refractivity (Wildman–Crippen MR) is 97.7 cm³/mol. The van der Waals surface area contributed by atoms with Crippen molar-refractivity contribution in [1.82, 2.24) is 0 Å². The van der Waals surface area contributed by atoms with Crippen LogP contribution in [0, 0.1) is 0 Å². The van der Waals surface area contributed by atoms with Gasteiger partial charge in [-0.15, -0.1) is 0 Å². The Morgan fingerprint density at radius 3 is 1.57 bits per heavy atom. The lowest BCUT2D eigenvalue weighted by atomic mass is 10.0. The van der Waals surface area contributed by atoms with E-state index in [0.29, 0.717) is 6.42 Å². The molecule has 23 heavy (non-hydrogen) atoms. The first-order chi connectivity index (χ1) is 11.2. The van der Waals surface area contributed by atoms with Crippen molar-refractivity contribution in [3.05, 3.63) is 12.2 Å². The van der Waals surface area contributed by atoms with Gasteiger partial charge >= 0.3 is 5.97 Å². The van der Waals surface area contributed by atoms with Gasteiger partial charge in [-0.3, -0.25) is 0 Å². The van der Waals surface area contributed by atoms with Crippen molar-refractivity contribution in [2.75, 3.05) is 0 Å². The van der Waals surface area contributed by atoms with Gasteiger partial charge < -0.3 is 10.2 Å². The summed E-state index contributed by atoms with van der Waals surface area (Å²) >= 11 is 0. The second kappa shape index (κ2) is 17.5. The van der Waals surface area contributed by atoms with E-state index >= 15 is 0 Å². The predicted octanol–water partition coefficient (Wildman–Crippen LogP) is 5.86. The van der Waals surface area contributed by atoms with E-state index in [0.717, 1.165) is 18.9 Å².